The van der Waals surface area contributed by atoms with Gasteiger partial charge in [-0.05, 0) is 6.92 Å². The number of rotatable bonds is 19. The van der Waals surface area contributed by atoms with E-state index in [4.69, 9.17) is 47.4 Å². The minimum absolute atomic E-state index is 0.581. The molecule has 5 aliphatic rings. The molecule has 0 aromatic rings. The third kappa shape index (κ3) is 13.5. The number of carbonyl (C=O) groups excluding carboxylic acids is 3. The van der Waals surface area contributed by atoms with Crippen molar-refractivity contribution in [3.63, 3.8) is 0 Å². The van der Waals surface area contributed by atoms with Crippen molar-refractivity contribution in [2.24, 2.45) is 0 Å². The van der Waals surface area contributed by atoms with Crippen LogP contribution in [-0.2, 0) is 61.8 Å². The highest BCUT2D eigenvalue weighted by Crippen LogP contribution is 2.36. The van der Waals surface area contributed by atoms with Crippen LogP contribution in [0.5, 0.6) is 0 Å². The van der Waals surface area contributed by atoms with Crippen LogP contribution < -0.4 is 16.0 Å². The van der Waals surface area contributed by atoms with Gasteiger partial charge in [-0.1, -0.05) is 0 Å². The molecular formula is C39H67N3O27. The lowest BCUT2D eigenvalue weighted by Crippen LogP contribution is -2.72. The highest BCUT2D eigenvalue weighted by Gasteiger charge is 2.57. The maximum absolute atomic E-state index is 13.1. The third-order valence-electron chi connectivity index (χ3n) is 12.1. The molecule has 69 heavy (non-hydrogen) atoms. The Balaban J connectivity index is 1.56. The number of carbonyl (C=O) groups is 3. The van der Waals surface area contributed by atoms with Crippen molar-refractivity contribution in [3.05, 3.63) is 0 Å². The summed E-state index contributed by atoms with van der Waals surface area (Å²) in [5.74, 6) is -2.35. The summed E-state index contributed by atoms with van der Waals surface area (Å²) in [6.07, 6.45) is -40.3. The molecule has 0 spiro atoms. The van der Waals surface area contributed by atoms with E-state index in [0.29, 0.717) is 0 Å². The molecule has 0 saturated carbocycles. The molecule has 400 valence electrons. The average molecular weight is 1010 g/mol. The van der Waals surface area contributed by atoms with Crippen molar-refractivity contribution in [1.82, 2.24) is 16.0 Å². The number of aliphatic hydroxyl groups excluding tert-OH is 14. The Morgan fingerprint density at radius 2 is 0.884 bits per heavy atom. The van der Waals surface area contributed by atoms with Gasteiger partial charge in [-0.2, -0.15) is 0 Å². The fourth-order valence-corrected chi connectivity index (χ4v) is 8.48. The predicted molar refractivity (Wildman–Crippen MR) is 217 cm³/mol. The van der Waals surface area contributed by atoms with E-state index in [9.17, 15) is 85.9 Å². The topological polar surface area (TPSA) is 463 Å². The number of hydrogen-bond acceptors (Lipinski definition) is 27. The Labute approximate surface area is 393 Å². The van der Waals surface area contributed by atoms with E-state index < -0.39 is 217 Å². The standard InChI is InChI=1S/C39H67N3O27/c1-11-32(67-39-31(59)29(57)24(52)17(7-45)65-39)34(69-36-20(40-12(2)47)27(55)25(53)19(66-36)10-61-38-30(58)28(56)23(51)16(6-44)64-38)22(42-14(4)49)37(62-11)68-33-21(41-13(3)48)35(60-9-15(50)5-43)63-18(8-46)26(33)54/h11,15-39,43-46,50-59H,5-10H2,1-4H3,(H,40,47)(H,41,48)(H,42,49)/t11-,15-,16+,17+,18+,19+,20+,21+,22-,23+,24+,25-,26+,27+,28-,29-,30+,31+,32+,33+,34-,35+,36+,37-,38-,39-/m0/s1. The zero-order chi connectivity index (χ0) is 51.2. The van der Waals surface area contributed by atoms with Gasteiger partial charge in [0.1, 0.15) is 122 Å². The molecule has 0 aliphatic carbocycles. The van der Waals surface area contributed by atoms with Crippen molar-refractivity contribution < 1.29 is 133 Å². The second kappa shape index (κ2) is 25.4. The fourth-order valence-electron chi connectivity index (χ4n) is 8.48. The summed E-state index contributed by atoms with van der Waals surface area (Å²) in [6, 6.07) is -4.93. The van der Waals surface area contributed by atoms with Gasteiger partial charge in [0.25, 0.3) is 0 Å². The average Bonchev–Trinajstić information content (AvgIpc) is 3.30. The van der Waals surface area contributed by atoms with E-state index in [1.54, 1.807) is 0 Å². The molecule has 0 radical (unpaired) electrons. The van der Waals surface area contributed by atoms with Crippen molar-refractivity contribution in [2.75, 3.05) is 39.6 Å². The van der Waals surface area contributed by atoms with E-state index >= 15 is 0 Å². The zero-order valence-electron chi connectivity index (χ0n) is 37.8. The smallest absolute Gasteiger partial charge is 0.217 e. The molecule has 0 bridgehead atoms. The third-order valence-corrected chi connectivity index (χ3v) is 12.1. The highest BCUT2D eigenvalue weighted by atomic mass is 16.8. The zero-order valence-corrected chi connectivity index (χ0v) is 37.8. The first kappa shape index (κ1) is 57.4. The summed E-state index contributed by atoms with van der Waals surface area (Å²) >= 11 is 0. The molecule has 5 saturated heterocycles. The molecule has 30 nitrogen and oxygen atoms in total. The lowest BCUT2D eigenvalue weighted by atomic mass is 9.93. The van der Waals surface area contributed by atoms with Gasteiger partial charge in [-0.15, -0.1) is 0 Å². The van der Waals surface area contributed by atoms with Gasteiger partial charge in [-0.25, -0.2) is 0 Å². The van der Waals surface area contributed by atoms with Crippen molar-refractivity contribution in [1.29, 1.82) is 0 Å². The lowest BCUT2D eigenvalue weighted by molar-refractivity contribution is -0.376. The second-order valence-corrected chi connectivity index (χ2v) is 17.3. The molecular weight excluding hydrogens is 942 g/mol. The first-order valence-corrected chi connectivity index (χ1v) is 22.1. The normalized spacial score (nSPS) is 45.6. The van der Waals surface area contributed by atoms with Crippen LogP contribution in [0.15, 0.2) is 0 Å². The molecule has 5 fully saturated rings. The SMILES string of the molecule is CC(=O)N[C@@H]1[C@H](O[C@H]2[C@H](O)[C@@H](CO)O[C@@H](OC[C@@H](O)CO)[C@@H]2NC(C)=O)O[C@@H](C)[C@@H](O[C@@H]2O[C@H](CO)[C@@H](O)[C@H](O)[C@H]2O)[C@H]1O[C@H]1O[C@H](CO[C@H]2O[C@H](CO)[C@@H](O)[C@H](O)[C@H]2O)[C@H](O)[C@H](O)[C@H]1NC(C)=O. The van der Waals surface area contributed by atoms with Crippen LogP contribution in [0.1, 0.15) is 27.7 Å². The predicted octanol–water partition coefficient (Wildman–Crippen LogP) is -11.1. The molecule has 0 aromatic heterocycles. The van der Waals surface area contributed by atoms with Crippen LogP contribution in [0.3, 0.4) is 0 Å². The van der Waals surface area contributed by atoms with Gasteiger partial charge < -0.3 is 135 Å². The Hall–Kier alpha value is -2.55. The first-order valence-electron chi connectivity index (χ1n) is 22.1. The fraction of sp³-hybridized carbons (Fsp3) is 0.923. The quantitative estimate of drug-likeness (QED) is 0.0571. The Morgan fingerprint density at radius 3 is 1.42 bits per heavy atom. The Morgan fingerprint density at radius 1 is 0.464 bits per heavy atom. The molecule has 5 heterocycles. The van der Waals surface area contributed by atoms with Crippen LogP contribution >= 0.6 is 0 Å². The molecule has 30 heteroatoms. The van der Waals surface area contributed by atoms with Crippen molar-refractivity contribution >= 4 is 17.7 Å². The molecule has 0 aromatic carbocycles. The van der Waals surface area contributed by atoms with Gasteiger partial charge in [-0.3, -0.25) is 14.4 Å². The molecule has 0 unspecified atom stereocenters. The number of ether oxygens (including phenoxy) is 10. The van der Waals surface area contributed by atoms with Gasteiger partial charge >= 0.3 is 0 Å². The van der Waals surface area contributed by atoms with E-state index in [-0.39, 0.29) is 0 Å². The maximum atomic E-state index is 13.1. The molecule has 26 atom stereocenters. The van der Waals surface area contributed by atoms with Crippen LogP contribution in [0.4, 0.5) is 0 Å². The Kier molecular flexibility index (Phi) is 21.1. The molecule has 17 N–H and O–H groups in total. The van der Waals surface area contributed by atoms with Crippen LogP contribution in [0.2, 0.25) is 0 Å². The monoisotopic (exact) mass is 1010 g/mol. The van der Waals surface area contributed by atoms with E-state index in [1.807, 2.05) is 0 Å². The number of hydrogen-bond donors (Lipinski definition) is 17. The van der Waals surface area contributed by atoms with E-state index in [2.05, 4.69) is 16.0 Å². The summed E-state index contributed by atoms with van der Waals surface area (Å²) in [4.78, 5) is 38.3. The number of aliphatic hydroxyl groups is 14. The highest BCUT2D eigenvalue weighted by molar-refractivity contribution is 5.74. The molecule has 3 amide bonds. The summed E-state index contributed by atoms with van der Waals surface area (Å²) < 4.78 is 59.3. The van der Waals surface area contributed by atoms with Crippen LogP contribution in [0, 0.1) is 0 Å². The molecule has 5 aliphatic heterocycles. The maximum Gasteiger partial charge on any atom is 0.217 e. The van der Waals surface area contributed by atoms with Gasteiger partial charge in [0, 0.05) is 20.8 Å². The number of nitrogens with one attached hydrogen (secondary N) is 3. The summed E-state index contributed by atoms with van der Waals surface area (Å²) in [5.41, 5.74) is 0. The van der Waals surface area contributed by atoms with Crippen molar-refractivity contribution in [2.45, 2.75) is 187 Å². The Bertz CT molecular complexity index is 1640. The van der Waals surface area contributed by atoms with Crippen LogP contribution in [-0.4, -0.2) is 288 Å². The molecule has 5 rings (SSSR count). The van der Waals surface area contributed by atoms with Gasteiger partial charge in [0.05, 0.1) is 45.7 Å². The van der Waals surface area contributed by atoms with Gasteiger partial charge in [0.15, 0.2) is 31.5 Å². The number of amides is 3. The second-order valence-electron chi connectivity index (χ2n) is 17.3. The summed E-state index contributed by atoms with van der Waals surface area (Å²) in [7, 11) is 0. The minimum atomic E-state index is -2.03. The lowest BCUT2D eigenvalue weighted by Gasteiger charge is -2.52. The van der Waals surface area contributed by atoms with Gasteiger partial charge in [0.2, 0.25) is 17.7 Å². The first-order chi connectivity index (χ1) is 32.6. The van der Waals surface area contributed by atoms with Crippen molar-refractivity contribution in [3.8, 4) is 0 Å². The minimum Gasteiger partial charge on any atom is -0.394 e. The summed E-state index contributed by atoms with van der Waals surface area (Å²) in [5, 5.41) is 154. The van der Waals surface area contributed by atoms with Crippen LogP contribution in [0.25, 0.3) is 0 Å². The summed E-state index contributed by atoms with van der Waals surface area (Å²) in [6.45, 7) is -0.161. The van der Waals surface area contributed by atoms with E-state index in [0.717, 1.165) is 20.8 Å². The largest absolute Gasteiger partial charge is 0.394 e. The van der Waals surface area contributed by atoms with E-state index in [1.165, 1.54) is 6.92 Å².